The van der Waals surface area contributed by atoms with Crippen LogP contribution in [0.4, 0.5) is 10.1 Å². The van der Waals surface area contributed by atoms with Crippen LogP contribution in [0.15, 0.2) is 54.6 Å². The third-order valence-corrected chi connectivity index (χ3v) is 6.00. The number of carbonyl (C=O) groups is 2. The van der Waals surface area contributed by atoms with E-state index in [9.17, 15) is 14.0 Å². The molecule has 0 radical (unpaired) electrons. The number of amides is 2. The Morgan fingerprint density at radius 2 is 1.57 bits per heavy atom. The fraction of sp³-hybridized carbons (Fsp3) is 0.310. The molecule has 0 fully saturated rings. The number of carbonyl (C=O) groups excluding carboxylic acids is 2. The summed E-state index contributed by atoms with van der Waals surface area (Å²) in [6.07, 6.45) is 0. The SMILES string of the molecule is CCOc1cc(C(=O)N2CC(=O)Nc3ccc(C)cc3C2c2ccc(F)cc2)cc(OCC)c1OCC. The van der Waals surface area contributed by atoms with Crippen LogP contribution in [0.25, 0.3) is 0 Å². The number of hydrogen-bond acceptors (Lipinski definition) is 5. The molecule has 3 aromatic carbocycles. The van der Waals surface area contributed by atoms with Crippen LogP contribution in [0.3, 0.4) is 0 Å². The maximum atomic E-state index is 14.1. The van der Waals surface area contributed by atoms with Crippen LogP contribution in [-0.4, -0.2) is 43.1 Å². The molecule has 0 saturated heterocycles. The minimum Gasteiger partial charge on any atom is -0.490 e. The van der Waals surface area contributed by atoms with Crippen LogP contribution < -0.4 is 19.5 Å². The highest BCUT2D eigenvalue weighted by Crippen LogP contribution is 2.41. The van der Waals surface area contributed by atoms with Crippen molar-refractivity contribution in [2.45, 2.75) is 33.7 Å². The second-order valence-electron chi connectivity index (χ2n) is 8.63. The fourth-order valence-corrected chi connectivity index (χ4v) is 4.50. The molecule has 1 atom stereocenters. The lowest BCUT2D eigenvalue weighted by Gasteiger charge is -2.31. The summed E-state index contributed by atoms with van der Waals surface area (Å²) in [7, 11) is 0. The van der Waals surface area contributed by atoms with Gasteiger partial charge in [0, 0.05) is 16.8 Å². The van der Waals surface area contributed by atoms with E-state index in [0.29, 0.717) is 48.3 Å². The average molecular weight is 507 g/mol. The Bertz CT molecular complexity index is 1260. The highest BCUT2D eigenvalue weighted by atomic mass is 19.1. The molecule has 1 heterocycles. The Labute approximate surface area is 216 Å². The van der Waals surface area contributed by atoms with Crippen molar-refractivity contribution in [2.24, 2.45) is 0 Å². The van der Waals surface area contributed by atoms with Gasteiger partial charge in [-0.1, -0.05) is 29.8 Å². The number of ether oxygens (including phenoxy) is 3. The van der Waals surface area contributed by atoms with Crippen LogP contribution in [0.5, 0.6) is 17.2 Å². The Balaban J connectivity index is 1.88. The Hall–Kier alpha value is -4.07. The van der Waals surface area contributed by atoms with Crippen molar-refractivity contribution in [3.8, 4) is 17.2 Å². The van der Waals surface area contributed by atoms with Crippen molar-refractivity contribution in [3.05, 3.63) is 82.7 Å². The first-order valence-corrected chi connectivity index (χ1v) is 12.4. The molecule has 0 aliphatic carbocycles. The topological polar surface area (TPSA) is 77.1 Å². The van der Waals surface area contributed by atoms with Gasteiger partial charge in [-0.2, -0.15) is 0 Å². The maximum absolute atomic E-state index is 14.1. The summed E-state index contributed by atoms with van der Waals surface area (Å²) < 4.78 is 31.2. The highest BCUT2D eigenvalue weighted by molar-refractivity contribution is 6.02. The predicted octanol–water partition coefficient (Wildman–Crippen LogP) is 5.51. The van der Waals surface area contributed by atoms with Gasteiger partial charge >= 0.3 is 0 Å². The van der Waals surface area contributed by atoms with Crippen LogP contribution in [0.1, 0.15) is 53.9 Å². The van der Waals surface area contributed by atoms with E-state index in [-0.39, 0.29) is 23.8 Å². The molecule has 0 spiro atoms. The molecular formula is C29H31FN2O5. The van der Waals surface area contributed by atoms with Crippen molar-refractivity contribution in [3.63, 3.8) is 0 Å². The lowest BCUT2D eigenvalue weighted by atomic mass is 9.94. The van der Waals surface area contributed by atoms with Gasteiger partial charge < -0.3 is 24.4 Å². The molecule has 0 bridgehead atoms. The van der Waals surface area contributed by atoms with Gasteiger partial charge in [0.2, 0.25) is 11.7 Å². The zero-order valence-electron chi connectivity index (χ0n) is 21.5. The van der Waals surface area contributed by atoms with Crippen LogP contribution in [0, 0.1) is 12.7 Å². The van der Waals surface area contributed by atoms with E-state index in [1.165, 1.54) is 17.0 Å². The lowest BCUT2D eigenvalue weighted by Crippen LogP contribution is -2.39. The number of fused-ring (bicyclic) bond motifs is 1. The molecule has 1 N–H and O–H groups in total. The van der Waals surface area contributed by atoms with Gasteiger partial charge in [-0.15, -0.1) is 0 Å². The number of hydrogen-bond donors (Lipinski definition) is 1. The number of halogens is 1. The summed E-state index contributed by atoms with van der Waals surface area (Å²) in [6, 6.07) is 14.2. The van der Waals surface area contributed by atoms with E-state index in [2.05, 4.69) is 5.32 Å². The first-order chi connectivity index (χ1) is 17.9. The summed E-state index contributed by atoms with van der Waals surface area (Å²) in [5, 5.41) is 2.91. The molecule has 1 aliphatic heterocycles. The molecule has 1 aliphatic rings. The summed E-state index contributed by atoms with van der Waals surface area (Å²) in [5.41, 5.74) is 3.28. The molecule has 37 heavy (non-hydrogen) atoms. The van der Waals surface area contributed by atoms with E-state index in [1.807, 2.05) is 45.9 Å². The molecule has 0 saturated carbocycles. The number of nitrogens with one attached hydrogen (secondary N) is 1. The number of aryl methyl sites for hydroxylation is 1. The first-order valence-electron chi connectivity index (χ1n) is 12.4. The predicted molar refractivity (Wildman–Crippen MR) is 139 cm³/mol. The minimum absolute atomic E-state index is 0.199. The van der Waals surface area contributed by atoms with E-state index in [4.69, 9.17) is 14.2 Å². The lowest BCUT2D eigenvalue weighted by molar-refractivity contribution is -0.117. The molecule has 194 valence electrons. The molecule has 4 rings (SSSR count). The van der Waals surface area contributed by atoms with Crippen LogP contribution in [0.2, 0.25) is 0 Å². The Morgan fingerprint density at radius 1 is 0.946 bits per heavy atom. The van der Waals surface area contributed by atoms with Gasteiger partial charge in [0.05, 0.1) is 25.9 Å². The molecule has 2 amide bonds. The summed E-state index contributed by atoms with van der Waals surface area (Å²) >= 11 is 0. The summed E-state index contributed by atoms with van der Waals surface area (Å²) in [5.74, 6) is 0.0726. The molecule has 3 aromatic rings. The van der Waals surface area contributed by atoms with Gasteiger partial charge in [-0.3, -0.25) is 9.59 Å². The maximum Gasteiger partial charge on any atom is 0.255 e. The summed E-state index contributed by atoms with van der Waals surface area (Å²) in [6.45, 7) is 8.39. The second-order valence-corrected chi connectivity index (χ2v) is 8.63. The zero-order chi connectivity index (χ0) is 26.5. The fourth-order valence-electron chi connectivity index (χ4n) is 4.50. The van der Waals surface area contributed by atoms with Gasteiger partial charge in [0.1, 0.15) is 12.4 Å². The molecule has 1 unspecified atom stereocenters. The van der Waals surface area contributed by atoms with Crippen molar-refractivity contribution >= 4 is 17.5 Å². The van der Waals surface area contributed by atoms with Crippen molar-refractivity contribution in [1.82, 2.24) is 4.90 Å². The number of rotatable bonds is 8. The summed E-state index contributed by atoms with van der Waals surface area (Å²) in [4.78, 5) is 28.6. The number of anilines is 1. The van der Waals surface area contributed by atoms with Gasteiger partial charge in [-0.25, -0.2) is 4.39 Å². The minimum atomic E-state index is -0.639. The normalized spacial score (nSPS) is 14.9. The van der Waals surface area contributed by atoms with E-state index >= 15 is 0 Å². The van der Waals surface area contributed by atoms with Gasteiger partial charge in [-0.05, 0) is 63.6 Å². The van der Waals surface area contributed by atoms with Crippen molar-refractivity contribution in [1.29, 1.82) is 0 Å². The van der Waals surface area contributed by atoms with Gasteiger partial charge in [0.25, 0.3) is 5.91 Å². The van der Waals surface area contributed by atoms with Crippen LogP contribution >= 0.6 is 0 Å². The molecule has 8 heteroatoms. The van der Waals surface area contributed by atoms with E-state index in [1.54, 1.807) is 24.3 Å². The zero-order valence-corrected chi connectivity index (χ0v) is 21.5. The largest absolute Gasteiger partial charge is 0.490 e. The molecule has 0 aromatic heterocycles. The number of benzene rings is 3. The quantitative estimate of drug-likeness (QED) is 0.436. The first kappa shape index (κ1) is 26.0. The van der Waals surface area contributed by atoms with Crippen LogP contribution in [-0.2, 0) is 4.79 Å². The standard InChI is InChI=1S/C29H31FN2O5/c1-5-35-24-15-20(16-25(36-6-2)28(24)37-7-3)29(34)32-17-26(33)31-23-13-8-18(4)14-22(23)27(32)19-9-11-21(30)12-10-19/h8-16,27H,5-7,17H2,1-4H3,(H,31,33). The third kappa shape index (κ3) is 5.53. The van der Waals surface area contributed by atoms with Crippen molar-refractivity contribution < 1.29 is 28.2 Å². The van der Waals surface area contributed by atoms with E-state index in [0.717, 1.165) is 11.1 Å². The van der Waals surface area contributed by atoms with Crippen molar-refractivity contribution in [2.75, 3.05) is 31.7 Å². The highest BCUT2D eigenvalue weighted by Gasteiger charge is 2.35. The van der Waals surface area contributed by atoms with Gasteiger partial charge in [0.15, 0.2) is 11.5 Å². The second kappa shape index (κ2) is 11.3. The average Bonchev–Trinajstić information content (AvgIpc) is 3.01. The molecular weight excluding hydrogens is 475 g/mol. The number of nitrogens with zero attached hydrogens (tertiary/aromatic N) is 1. The van der Waals surface area contributed by atoms with E-state index < -0.39 is 11.9 Å². The Morgan fingerprint density at radius 3 is 2.16 bits per heavy atom. The monoisotopic (exact) mass is 506 g/mol. The third-order valence-electron chi connectivity index (χ3n) is 6.00. The smallest absolute Gasteiger partial charge is 0.255 e. The molecule has 7 nitrogen and oxygen atoms in total. The Kier molecular flexibility index (Phi) is 7.96.